The fraction of sp³-hybridized carbons (Fsp3) is 0.0500. The van der Waals surface area contributed by atoms with Gasteiger partial charge in [0.25, 0.3) is 15.9 Å². The molecule has 10 heteroatoms. The topological polar surface area (TPSA) is 114 Å². The summed E-state index contributed by atoms with van der Waals surface area (Å²) >= 11 is 1.18. The Labute approximate surface area is 176 Å². The van der Waals surface area contributed by atoms with Crippen LogP contribution in [0.1, 0.15) is 16.1 Å². The second kappa shape index (κ2) is 8.09. The summed E-state index contributed by atoms with van der Waals surface area (Å²) in [5.74, 6) is 0.0171. The fourth-order valence-corrected chi connectivity index (χ4v) is 4.39. The molecule has 0 atom stereocenters. The number of hydrogen-bond donors (Lipinski definition) is 2. The molecule has 4 aromatic rings. The van der Waals surface area contributed by atoms with E-state index in [2.05, 4.69) is 20.2 Å². The first kappa shape index (κ1) is 19.8. The maximum absolute atomic E-state index is 12.4. The number of thiazole rings is 1. The van der Waals surface area contributed by atoms with Crippen LogP contribution in [0, 0.1) is 6.92 Å². The molecule has 30 heavy (non-hydrogen) atoms. The van der Waals surface area contributed by atoms with Gasteiger partial charge in [0.05, 0.1) is 4.90 Å². The van der Waals surface area contributed by atoms with E-state index in [-0.39, 0.29) is 15.7 Å². The minimum atomic E-state index is -3.75. The Bertz CT molecular complexity index is 1260. The molecule has 8 nitrogen and oxygen atoms in total. The number of carbonyl (C=O) groups is 1. The van der Waals surface area contributed by atoms with E-state index in [0.29, 0.717) is 11.4 Å². The van der Waals surface area contributed by atoms with Crippen LogP contribution in [-0.4, -0.2) is 24.5 Å². The molecule has 0 fully saturated rings. The number of nitrogens with zero attached hydrogens (tertiary/aromatic N) is 2. The monoisotopic (exact) mass is 440 g/mol. The van der Waals surface area contributed by atoms with E-state index in [1.54, 1.807) is 11.4 Å². The first-order chi connectivity index (χ1) is 14.4. The lowest BCUT2D eigenvalue weighted by atomic mass is 10.1. The minimum Gasteiger partial charge on any atom is -0.355 e. The van der Waals surface area contributed by atoms with Crippen molar-refractivity contribution in [2.75, 3.05) is 10.0 Å². The third-order valence-electron chi connectivity index (χ3n) is 4.16. The van der Waals surface area contributed by atoms with Crippen molar-refractivity contribution in [3.05, 3.63) is 77.4 Å². The molecule has 0 saturated heterocycles. The third-order valence-corrected chi connectivity index (χ3v) is 6.33. The van der Waals surface area contributed by atoms with Gasteiger partial charge in [-0.15, -0.1) is 11.3 Å². The van der Waals surface area contributed by atoms with Gasteiger partial charge in [-0.05, 0) is 31.2 Å². The summed E-state index contributed by atoms with van der Waals surface area (Å²) in [7, 11) is -3.75. The van der Waals surface area contributed by atoms with E-state index in [0.717, 1.165) is 11.1 Å². The summed E-state index contributed by atoms with van der Waals surface area (Å²) in [5, 5.41) is 8.43. The first-order valence-electron chi connectivity index (χ1n) is 8.78. The Morgan fingerprint density at radius 1 is 1.07 bits per heavy atom. The second-order valence-corrected chi connectivity index (χ2v) is 8.94. The van der Waals surface area contributed by atoms with Gasteiger partial charge in [-0.25, -0.2) is 13.4 Å². The molecule has 0 spiro atoms. The van der Waals surface area contributed by atoms with Gasteiger partial charge in [0.15, 0.2) is 16.6 Å². The van der Waals surface area contributed by atoms with Gasteiger partial charge in [0.1, 0.15) is 0 Å². The molecule has 0 aliphatic rings. The Hall–Kier alpha value is -3.50. The molecule has 0 bridgehead atoms. The molecule has 152 valence electrons. The predicted molar refractivity (Wildman–Crippen MR) is 114 cm³/mol. The maximum Gasteiger partial charge on any atom is 0.277 e. The van der Waals surface area contributed by atoms with Crippen LogP contribution >= 0.6 is 11.3 Å². The Morgan fingerprint density at radius 3 is 2.47 bits per heavy atom. The Kier molecular flexibility index (Phi) is 5.34. The summed E-state index contributed by atoms with van der Waals surface area (Å²) in [6.07, 6.45) is 1.51. The SMILES string of the molecule is Cc1ccc(-c2cc(C(=O)Nc3ccc(S(=O)(=O)Nc4nccs4)cc3)no2)cc1. The Morgan fingerprint density at radius 2 is 1.80 bits per heavy atom. The largest absolute Gasteiger partial charge is 0.355 e. The standard InChI is InChI=1S/C20H16N4O4S2/c1-13-2-4-14(5-3-13)18-12-17(23-28-18)19(25)22-15-6-8-16(9-7-15)30(26,27)24-20-21-10-11-29-20/h2-12H,1H3,(H,21,24)(H,22,25). The predicted octanol–water partition coefficient (Wildman–Crippen LogP) is 4.16. The highest BCUT2D eigenvalue weighted by molar-refractivity contribution is 7.93. The highest BCUT2D eigenvalue weighted by atomic mass is 32.2. The van der Waals surface area contributed by atoms with Crippen molar-refractivity contribution in [2.45, 2.75) is 11.8 Å². The van der Waals surface area contributed by atoms with Crippen LogP contribution in [0.4, 0.5) is 10.8 Å². The number of benzene rings is 2. The highest BCUT2D eigenvalue weighted by Crippen LogP contribution is 2.22. The average molecular weight is 441 g/mol. The summed E-state index contributed by atoms with van der Waals surface area (Å²) < 4.78 is 32.4. The van der Waals surface area contributed by atoms with Crippen LogP contribution in [0.5, 0.6) is 0 Å². The number of nitrogens with one attached hydrogen (secondary N) is 2. The van der Waals surface area contributed by atoms with Gasteiger partial charge in [0, 0.05) is 28.9 Å². The number of hydrogen-bond acceptors (Lipinski definition) is 7. The van der Waals surface area contributed by atoms with E-state index in [4.69, 9.17) is 4.52 Å². The van der Waals surface area contributed by atoms with Crippen molar-refractivity contribution >= 4 is 38.1 Å². The summed E-state index contributed by atoms with van der Waals surface area (Å²) in [4.78, 5) is 16.4. The zero-order valence-corrected chi connectivity index (χ0v) is 17.3. The lowest BCUT2D eigenvalue weighted by molar-refractivity contribution is 0.101. The first-order valence-corrected chi connectivity index (χ1v) is 11.1. The normalized spacial score (nSPS) is 11.2. The Balaban J connectivity index is 1.44. The van der Waals surface area contributed by atoms with Gasteiger partial charge >= 0.3 is 0 Å². The zero-order valence-electron chi connectivity index (χ0n) is 15.7. The quantitative estimate of drug-likeness (QED) is 0.465. The maximum atomic E-state index is 12.4. The number of anilines is 2. The molecule has 2 aromatic heterocycles. The number of aryl methyl sites for hydroxylation is 1. The van der Waals surface area contributed by atoms with E-state index in [9.17, 15) is 13.2 Å². The molecule has 1 amide bonds. The van der Waals surface area contributed by atoms with Gasteiger partial charge in [-0.2, -0.15) is 0 Å². The smallest absolute Gasteiger partial charge is 0.277 e. The lowest BCUT2D eigenvalue weighted by Crippen LogP contribution is -2.14. The number of rotatable bonds is 6. The molecule has 0 saturated carbocycles. The van der Waals surface area contributed by atoms with Crippen molar-refractivity contribution in [1.29, 1.82) is 0 Å². The average Bonchev–Trinajstić information content (AvgIpc) is 3.41. The van der Waals surface area contributed by atoms with E-state index in [1.165, 1.54) is 41.8 Å². The third kappa shape index (κ3) is 4.39. The van der Waals surface area contributed by atoms with E-state index in [1.807, 2.05) is 31.2 Å². The fourth-order valence-electron chi connectivity index (χ4n) is 2.60. The van der Waals surface area contributed by atoms with Crippen molar-refractivity contribution in [1.82, 2.24) is 10.1 Å². The number of carbonyl (C=O) groups excluding carboxylic acids is 1. The van der Waals surface area contributed by atoms with Crippen LogP contribution in [0.2, 0.25) is 0 Å². The van der Waals surface area contributed by atoms with Gasteiger partial charge in [-0.1, -0.05) is 35.0 Å². The van der Waals surface area contributed by atoms with E-state index < -0.39 is 15.9 Å². The van der Waals surface area contributed by atoms with Crippen molar-refractivity contribution < 1.29 is 17.7 Å². The summed E-state index contributed by atoms with van der Waals surface area (Å²) in [6.45, 7) is 1.98. The molecule has 0 radical (unpaired) electrons. The molecular weight excluding hydrogens is 424 g/mol. The molecule has 2 N–H and O–H groups in total. The highest BCUT2D eigenvalue weighted by Gasteiger charge is 2.17. The van der Waals surface area contributed by atoms with Crippen molar-refractivity contribution in [3.8, 4) is 11.3 Å². The summed E-state index contributed by atoms with van der Waals surface area (Å²) in [6, 6.07) is 15.0. The molecule has 2 aromatic carbocycles. The second-order valence-electron chi connectivity index (χ2n) is 6.36. The van der Waals surface area contributed by atoms with Crippen LogP contribution in [0.3, 0.4) is 0 Å². The molecular formula is C20H16N4O4S2. The molecule has 0 aliphatic carbocycles. The number of sulfonamides is 1. The van der Waals surface area contributed by atoms with Crippen molar-refractivity contribution in [3.63, 3.8) is 0 Å². The molecule has 0 unspecified atom stereocenters. The number of amides is 1. The van der Waals surface area contributed by atoms with Gasteiger partial charge in [-0.3, -0.25) is 9.52 Å². The summed E-state index contributed by atoms with van der Waals surface area (Å²) in [5.41, 5.74) is 2.47. The molecule has 0 aliphatic heterocycles. The van der Waals surface area contributed by atoms with Crippen molar-refractivity contribution in [2.24, 2.45) is 0 Å². The lowest BCUT2D eigenvalue weighted by Gasteiger charge is -2.07. The number of aromatic nitrogens is 2. The van der Waals surface area contributed by atoms with Crippen LogP contribution in [0.15, 0.2) is 75.6 Å². The van der Waals surface area contributed by atoms with Crippen LogP contribution in [-0.2, 0) is 10.0 Å². The van der Waals surface area contributed by atoms with Gasteiger partial charge in [0.2, 0.25) is 0 Å². The zero-order chi connectivity index (χ0) is 21.1. The van der Waals surface area contributed by atoms with Crippen LogP contribution in [0.25, 0.3) is 11.3 Å². The van der Waals surface area contributed by atoms with Crippen LogP contribution < -0.4 is 10.0 Å². The molecule has 4 rings (SSSR count). The minimum absolute atomic E-state index is 0.0544. The molecule has 2 heterocycles. The van der Waals surface area contributed by atoms with E-state index >= 15 is 0 Å². The van der Waals surface area contributed by atoms with Gasteiger partial charge < -0.3 is 9.84 Å².